The van der Waals surface area contributed by atoms with Gasteiger partial charge in [-0.15, -0.1) is 0 Å². The molecule has 0 bridgehead atoms. The van der Waals surface area contributed by atoms with Crippen LogP contribution in [0.5, 0.6) is 5.75 Å². The predicted molar refractivity (Wildman–Crippen MR) is 79.9 cm³/mol. The zero-order chi connectivity index (χ0) is 15.7. The smallest absolute Gasteiger partial charge is 0.262 e. The van der Waals surface area contributed by atoms with Crippen molar-refractivity contribution in [1.82, 2.24) is 0 Å². The van der Waals surface area contributed by atoms with Crippen molar-refractivity contribution in [2.45, 2.75) is 0 Å². The first-order valence-corrected chi connectivity index (χ1v) is 6.74. The Morgan fingerprint density at radius 3 is 2.91 bits per heavy atom. The second kappa shape index (κ2) is 5.65. The highest BCUT2D eigenvalue weighted by atomic mass is 35.5. The molecular formula is C15H10ClFN2O3. The van der Waals surface area contributed by atoms with Gasteiger partial charge >= 0.3 is 0 Å². The van der Waals surface area contributed by atoms with E-state index in [0.717, 1.165) is 6.07 Å². The molecule has 0 radical (unpaired) electrons. The summed E-state index contributed by atoms with van der Waals surface area (Å²) in [6, 6.07) is 8.70. The Labute approximate surface area is 130 Å². The van der Waals surface area contributed by atoms with Gasteiger partial charge in [-0.2, -0.15) is 0 Å². The number of carbonyl (C=O) groups excluding carboxylic acids is 2. The standard InChI is InChI=1S/C15H10ClFN2O3/c16-10-6-8(4-5-11(10)17)18-15(21)9-2-1-3-12-14(9)22-7-13(20)19-12/h1-6H,7H2,(H,18,21)(H,19,20). The van der Waals surface area contributed by atoms with Gasteiger partial charge < -0.3 is 15.4 Å². The van der Waals surface area contributed by atoms with Crippen molar-refractivity contribution < 1.29 is 18.7 Å². The van der Waals surface area contributed by atoms with Crippen LogP contribution in [-0.2, 0) is 4.79 Å². The molecule has 5 nitrogen and oxygen atoms in total. The highest BCUT2D eigenvalue weighted by Crippen LogP contribution is 2.32. The molecule has 0 aliphatic carbocycles. The van der Waals surface area contributed by atoms with Crippen LogP contribution >= 0.6 is 11.6 Å². The molecule has 0 spiro atoms. The number of carbonyl (C=O) groups is 2. The maximum atomic E-state index is 13.1. The summed E-state index contributed by atoms with van der Waals surface area (Å²) in [6.07, 6.45) is 0. The van der Waals surface area contributed by atoms with Crippen LogP contribution in [0.2, 0.25) is 5.02 Å². The number of anilines is 2. The Bertz CT molecular complexity index is 779. The molecule has 7 heteroatoms. The van der Waals surface area contributed by atoms with Crippen molar-refractivity contribution in [1.29, 1.82) is 0 Å². The van der Waals surface area contributed by atoms with Crippen LogP contribution in [0.25, 0.3) is 0 Å². The minimum Gasteiger partial charge on any atom is -0.481 e. The van der Waals surface area contributed by atoms with Gasteiger partial charge in [0, 0.05) is 5.69 Å². The Balaban J connectivity index is 1.88. The molecule has 3 rings (SSSR count). The van der Waals surface area contributed by atoms with Gasteiger partial charge in [-0.3, -0.25) is 9.59 Å². The minimum atomic E-state index is -0.567. The Morgan fingerprint density at radius 1 is 1.32 bits per heavy atom. The monoisotopic (exact) mass is 320 g/mol. The summed E-state index contributed by atoms with van der Waals surface area (Å²) in [5.41, 5.74) is 1.05. The molecule has 0 fully saturated rings. The van der Waals surface area contributed by atoms with Gasteiger partial charge in [-0.1, -0.05) is 17.7 Å². The quantitative estimate of drug-likeness (QED) is 0.893. The number of nitrogens with one attached hydrogen (secondary N) is 2. The van der Waals surface area contributed by atoms with Crippen molar-refractivity contribution >= 4 is 34.8 Å². The first kappa shape index (κ1) is 14.3. The molecule has 2 amide bonds. The Hall–Kier alpha value is -2.60. The highest BCUT2D eigenvalue weighted by Gasteiger charge is 2.22. The van der Waals surface area contributed by atoms with Gasteiger partial charge in [0.2, 0.25) is 0 Å². The van der Waals surface area contributed by atoms with E-state index in [1.54, 1.807) is 18.2 Å². The number of benzene rings is 2. The number of rotatable bonds is 2. The Morgan fingerprint density at radius 2 is 2.14 bits per heavy atom. The largest absolute Gasteiger partial charge is 0.481 e. The van der Waals surface area contributed by atoms with E-state index in [1.807, 2.05) is 0 Å². The van der Waals surface area contributed by atoms with Crippen molar-refractivity contribution in [3.63, 3.8) is 0 Å². The van der Waals surface area contributed by atoms with Crippen LogP contribution in [0.1, 0.15) is 10.4 Å². The summed E-state index contributed by atoms with van der Waals surface area (Å²) in [6.45, 7) is -0.153. The summed E-state index contributed by atoms with van der Waals surface area (Å²) < 4.78 is 18.4. The summed E-state index contributed by atoms with van der Waals surface area (Å²) in [4.78, 5) is 23.6. The van der Waals surface area contributed by atoms with Gasteiger partial charge in [0.15, 0.2) is 12.4 Å². The fourth-order valence-corrected chi connectivity index (χ4v) is 2.25. The number of ether oxygens (including phenoxy) is 1. The first-order chi connectivity index (χ1) is 10.5. The molecule has 0 unspecified atom stereocenters. The number of fused-ring (bicyclic) bond motifs is 1. The van der Waals surface area contributed by atoms with Crippen molar-refractivity contribution in [2.24, 2.45) is 0 Å². The zero-order valence-corrected chi connectivity index (χ0v) is 11.9. The van der Waals surface area contributed by atoms with Crippen LogP contribution in [-0.4, -0.2) is 18.4 Å². The lowest BCUT2D eigenvalue weighted by Crippen LogP contribution is -2.27. The highest BCUT2D eigenvalue weighted by molar-refractivity contribution is 6.31. The number of hydrogen-bond donors (Lipinski definition) is 2. The second-order valence-electron chi connectivity index (χ2n) is 4.60. The van der Waals surface area contributed by atoms with E-state index in [1.165, 1.54) is 12.1 Å². The van der Waals surface area contributed by atoms with Crippen molar-refractivity contribution in [3.05, 3.63) is 52.8 Å². The molecule has 0 saturated carbocycles. The lowest BCUT2D eigenvalue weighted by molar-refractivity contribution is -0.118. The average molecular weight is 321 g/mol. The summed E-state index contributed by atoms with van der Waals surface area (Å²) in [5.74, 6) is -0.998. The van der Waals surface area contributed by atoms with Gasteiger partial charge in [-0.25, -0.2) is 4.39 Å². The average Bonchev–Trinajstić information content (AvgIpc) is 2.50. The maximum Gasteiger partial charge on any atom is 0.262 e. The molecule has 2 aromatic rings. The van der Waals surface area contributed by atoms with Crippen LogP contribution < -0.4 is 15.4 Å². The van der Waals surface area contributed by atoms with E-state index < -0.39 is 11.7 Å². The molecule has 1 aliphatic rings. The fraction of sp³-hybridized carbons (Fsp3) is 0.0667. The molecule has 1 heterocycles. The van der Waals surface area contributed by atoms with Crippen LogP contribution in [0.3, 0.4) is 0 Å². The molecule has 1 aliphatic heterocycles. The Kier molecular flexibility index (Phi) is 3.68. The fourth-order valence-electron chi connectivity index (χ4n) is 2.07. The lowest BCUT2D eigenvalue weighted by atomic mass is 10.1. The van der Waals surface area contributed by atoms with E-state index in [9.17, 15) is 14.0 Å². The molecule has 2 N–H and O–H groups in total. The predicted octanol–water partition coefficient (Wildman–Crippen LogP) is 3.06. The maximum absolute atomic E-state index is 13.1. The normalized spacial score (nSPS) is 12.9. The van der Waals surface area contributed by atoms with E-state index in [2.05, 4.69) is 10.6 Å². The minimum absolute atomic E-state index is 0.0867. The van der Waals surface area contributed by atoms with Crippen LogP contribution in [0.15, 0.2) is 36.4 Å². The molecule has 0 aromatic heterocycles. The zero-order valence-electron chi connectivity index (χ0n) is 11.2. The number of para-hydroxylation sites is 1. The summed E-state index contributed by atoms with van der Waals surface area (Å²) in [7, 11) is 0. The second-order valence-corrected chi connectivity index (χ2v) is 5.01. The molecule has 2 aromatic carbocycles. The lowest BCUT2D eigenvalue weighted by Gasteiger charge is -2.20. The van der Waals surface area contributed by atoms with E-state index >= 15 is 0 Å². The van der Waals surface area contributed by atoms with Gasteiger partial charge in [0.05, 0.1) is 16.3 Å². The van der Waals surface area contributed by atoms with E-state index in [4.69, 9.17) is 16.3 Å². The van der Waals surface area contributed by atoms with E-state index in [-0.39, 0.29) is 23.1 Å². The number of hydrogen-bond acceptors (Lipinski definition) is 3. The third kappa shape index (κ3) is 2.73. The topological polar surface area (TPSA) is 67.4 Å². The number of amides is 2. The molecular weight excluding hydrogens is 311 g/mol. The van der Waals surface area contributed by atoms with Gasteiger partial charge in [0.1, 0.15) is 5.82 Å². The van der Waals surface area contributed by atoms with E-state index in [0.29, 0.717) is 17.1 Å². The molecule has 112 valence electrons. The van der Waals surface area contributed by atoms with Gasteiger partial charge in [-0.05, 0) is 30.3 Å². The van der Waals surface area contributed by atoms with Crippen molar-refractivity contribution in [3.8, 4) is 5.75 Å². The third-order valence-corrected chi connectivity index (χ3v) is 3.35. The first-order valence-electron chi connectivity index (χ1n) is 6.36. The molecule has 0 atom stereocenters. The SMILES string of the molecule is O=C1COc2c(cccc2C(=O)Nc2ccc(F)c(Cl)c2)N1. The van der Waals surface area contributed by atoms with Crippen LogP contribution in [0.4, 0.5) is 15.8 Å². The third-order valence-electron chi connectivity index (χ3n) is 3.06. The van der Waals surface area contributed by atoms with Gasteiger partial charge in [0.25, 0.3) is 11.8 Å². The molecule has 22 heavy (non-hydrogen) atoms. The summed E-state index contributed by atoms with van der Waals surface area (Å²) >= 11 is 5.68. The van der Waals surface area contributed by atoms with Crippen LogP contribution in [0, 0.1) is 5.82 Å². The molecule has 0 saturated heterocycles. The summed E-state index contributed by atoms with van der Waals surface area (Å²) in [5, 5.41) is 5.14. The number of halogens is 2. The van der Waals surface area contributed by atoms with Crippen molar-refractivity contribution in [2.75, 3.05) is 17.2 Å².